The molecule has 0 aliphatic rings. The fourth-order valence-electron chi connectivity index (χ4n) is 2.07. The summed E-state index contributed by atoms with van der Waals surface area (Å²) in [5, 5.41) is 12.2. The zero-order valence-corrected chi connectivity index (χ0v) is 12.2. The van der Waals surface area contributed by atoms with Crippen LogP contribution in [0.4, 0.5) is 0 Å². The van der Waals surface area contributed by atoms with E-state index in [2.05, 4.69) is 41.6 Å². The van der Waals surface area contributed by atoms with Crippen molar-refractivity contribution in [1.82, 2.24) is 24.9 Å². The van der Waals surface area contributed by atoms with Gasteiger partial charge >= 0.3 is 0 Å². The zero-order valence-electron chi connectivity index (χ0n) is 12.2. The number of aromatic nitrogens is 4. The highest BCUT2D eigenvalue weighted by atomic mass is 15.3. The van der Waals surface area contributed by atoms with Gasteiger partial charge in [-0.3, -0.25) is 9.36 Å². The van der Waals surface area contributed by atoms with Crippen molar-refractivity contribution in [2.75, 3.05) is 6.54 Å². The summed E-state index contributed by atoms with van der Waals surface area (Å²) in [4.78, 5) is 0. The van der Waals surface area contributed by atoms with Crippen LogP contribution in [0, 0.1) is 12.8 Å². The average molecular weight is 261 g/mol. The molecule has 2 heterocycles. The molecule has 0 fully saturated rings. The number of hydrogen-bond donors (Lipinski definition) is 1. The summed E-state index contributed by atoms with van der Waals surface area (Å²) >= 11 is 0. The van der Waals surface area contributed by atoms with Gasteiger partial charge in [0.1, 0.15) is 0 Å². The standard InChI is InChI=1S/C14H23N5/c1-11(2)6-15-7-13-8-16-19(9-13)10-14-5-12(3)17-18(14)4/h5,8-9,11,15H,6-7,10H2,1-4H3. The fourth-order valence-corrected chi connectivity index (χ4v) is 2.07. The van der Waals surface area contributed by atoms with Crippen LogP contribution in [-0.4, -0.2) is 26.1 Å². The summed E-state index contributed by atoms with van der Waals surface area (Å²) in [6, 6.07) is 2.10. The van der Waals surface area contributed by atoms with Gasteiger partial charge in [0.15, 0.2) is 0 Å². The van der Waals surface area contributed by atoms with Crippen LogP contribution in [0.2, 0.25) is 0 Å². The van der Waals surface area contributed by atoms with Crippen LogP contribution in [0.5, 0.6) is 0 Å². The third-order valence-electron chi connectivity index (χ3n) is 2.99. The molecule has 0 unspecified atom stereocenters. The van der Waals surface area contributed by atoms with Crippen molar-refractivity contribution in [3.05, 3.63) is 35.4 Å². The van der Waals surface area contributed by atoms with Crippen LogP contribution >= 0.6 is 0 Å². The van der Waals surface area contributed by atoms with Gasteiger partial charge in [-0.15, -0.1) is 0 Å². The van der Waals surface area contributed by atoms with Gasteiger partial charge < -0.3 is 5.32 Å². The quantitative estimate of drug-likeness (QED) is 0.861. The normalized spacial score (nSPS) is 11.4. The number of nitrogens with zero attached hydrogens (tertiary/aromatic N) is 4. The molecule has 5 nitrogen and oxygen atoms in total. The van der Waals surface area contributed by atoms with Crippen molar-refractivity contribution in [1.29, 1.82) is 0 Å². The Morgan fingerprint density at radius 1 is 1.37 bits per heavy atom. The van der Waals surface area contributed by atoms with E-state index in [0.29, 0.717) is 5.92 Å². The van der Waals surface area contributed by atoms with E-state index in [4.69, 9.17) is 0 Å². The third-order valence-corrected chi connectivity index (χ3v) is 2.99. The molecule has 0 saturated heterocycles. The van der Waals surface area contributed by atoms with Crippen LogP contribution in [0.3, 0.4) is 0 Å². The lowest BCUT2D eigenvalue weighted by molar-refractivity contribution is 0.552. The van der Waals surface area contributed by atoms with Crippen molar-refractivity contribution >= 4 is 0 Å². The number of nitrogens with one attached hydrogen (secondary N) is 1. The first kappa shape index (κ1) is 13.8. The van der Waals surface area contributed by atoms with Crippen molar-refractivity contribution in [3.63, 3.8) is 0 Å². The summed E-state index contributed by atoms with van der Waals surface area (Å²) in [7, 11) is 1.97. The molecule has 19 heavy (non-hydrogen) atoms. The van der Waals surface area contributed by atoms with Gasteiger partial charge in [-0.1, -0.05) is 13.8 Å². The van der Waals surface area contributed by atoms with Gasteiger partial charge in [0.05, 0.1) is 24.1 Å². The minimum atomic E-state index is 0.674. The second-order valence-corrected chi connectivity index (χ2v) is 5.47. The largest absolute Gasteiger partial charge is 0.312 e. The van der Waals surface area contributed by atoms with Crippen LogP contribution < -0.4 is 5.32 Å². The van der Waals surface area contributed by atoms with Crippen LogP contribution in [0.25, 0.3) is 0 Å². The lowest BCUT2D eigenvalue weighted by Gasteiger charge is -2.05. The Bertz CT molecular complexity index is 524. The molecule has 0 aromatic carbocycles. The maximum Gasteiger partial charge on any atom is 0.0828 e. The Morgan fingerprint density at radius 2 is 2.16 bits per heavy atom. The van der Waals surface area contributed by atoms with Crippen LogP contribution in [0.15, 0.2) is 18.5 Å². The first-order chi connectivity index (χ1) is 9.04. The number of hydrogen-bond acceptors (Lipinski definition) is 3. The topological polar surface area (TPSA) is 47.7 Å². The molecule has 2 aromatic heterocycles. The second-order valence-electron chi connectivity index (χ2n) is 5.47. The van der Waals surface area contributed by atoms with Crippen molar-refractivity contribution in [2.24, 2.45) is 13.0 Å². The summed E-state index contributed by atoms with van der Waals surface area (Å²) < 4.78 is 3.87. The third kappa shape index (κ3) is 3.92. The molecule has 0 spiro atoms. The lowest BCUT2D eigenvalue weighted by atomic mass is 10.2. The summed E-state index contributed by atoms with van der Waals surface area (Å²) in [6.45, 7) is 9.10. The Labute approximate surface area is 114 Å². The SMILES string of the molecule is Cc1cc(Cn2cc(CNCC(C)C)cn2)n(C)n1. The molecule has 2 rings (SSSR count). The Kier molecular flexibility index (Phi) is 4.37. The first-order valence-corrected chi connectivity index (χ1v) is 6.76. The van der Waals surface area contributed by atoms with E-state index < -0.39 is 0 Å². The molecule has 2 aromatic rings. The smallest absolute Gasteiger partial charge is 0.0828 e. The summed E-state index contributed by atoms with van der Waals surface area (Å²) in [5.74, 6) is 0.674. The highest BCUT2D eigenvalue weighted by Gasteiger charge is 2.04. The maximum atomic E-state index is 4.40. The van der Waals surface area contributed by atoms with Crippen molar-refractivity contribution in [2.45, 2.75) is 33.9 Å². The van der Waals surface area contributed by atoms with E-state index in [1.807, 2.05) is 29.5 Å². The molecule has 0 aliphatic carbocycles. The number of aryl methyl sites for hydroxylation is 2. The highest BCUT2D eigenvalue weighted by molar-refractivity contribution is 5.10. The van der Waals surface area contributed by atoms with Gasteiger partial charge in [-0.05, 0) is 25.5 Å². The Morgan fingerprint density at radius 3 is 2.79 bits per heavy atom. The molecule has 0 atom stereocenters. The van der Waals surface area contributed by atoms with Crippen molar-refractivity contribution < 1.29 is 0 Å². The molecule has 0 saturated carbocycles. The van der Waals surface area contributed by atoms with Gasteiger partial charge in [-0.25, -0.2) is 0 Å². The monoisotopic (exact) mass is 261 g/mol. The molecule has 104 valence electrons. The van der Waals surface area contributed by atoms with Crippen molar-refractivity contribution in [3.8, 4) is 0 Å². The molecule has 5 heteroatoms. The zero-order chi connectivity index (χ0) is 13.8. The molecule has 0 bridgehead atoms. The van der Waals surface area contributed by atoms with E-state index in [-0.39, 0.29) is 0 Å². The van der Waals surface area contributed by atoms with Gasteiger partial charge in [0.2, 0.25) is 0 Å². The van der Waals surface area contributed by atoms with E-state index in [9.17, 15) is 0 Å². The van der Waals surface area contributed by atoms with Gasteiger partial charge in [0, 0.05) is 25.4 Å². The van der Waals surface area contributed by atoms with Gasteiger partial charge in [0.25, 0.3) is 0 Å². The first-order valence-electron chi connectivity index (χ1n) is 6.76. The van der Waals surface area contributed by atoms with Crippen LogP contribution in [-0.2, 0) is 20.1 Å². The predicted molar refractivity (Wildman–Crippen MR) is 75.8 cm³/mol. The predicted octanol–water partition coefficient (Wildman–Crippen LogP) is 1.72. The lowest BCUT2D eigenvalue weighted by Crippen LogP contribution is -2.18. The summed E-state index contributed by atoms with van der Waals surface area (Å²) in [6.07, 6.45) is 4.02. The van der Waals surface area contributed by atoms with E-state index in [1.165, 1.54) is 11.3 Å². The molecule has 1 N–H and O–H groups in total. The Hall–Kier alpha value is -1.62. The maximum absolute atomic E-state index is 4.40. The Balaban J connectivity index is 1.92. The summed E-state index contributed by atoms with van der Waals surface area (Å²) in [5.41, 5.74) is 3.44. The second kappa shape index (κ2) is 6.02. The highest BCUT2D eigenvalue weighted by Crippen LogP contribution is 2.05. The minimum Gasteiger partial charge on any atom is -0.312 e. The molecule has 0 amide bonds. The van der Waals surface area contributed by atoms with E-state index in [0.717, 1.165) is 25.3 Å². The van der Waals surface area contributed by atoms with Gasteiger partial charge in [-0.2, -0.15) is 10.2 Å². The molecule has 0 radical (unpaired) electrons. The molecular weight excluding hydrogens is 238 g/mol. The fraction of sp³-hybridized carbons (Fsp3) is 0.571. The van der Waals surface area contributed by atoms with E-state index in [1.54, 1.807) is 0 Å². The average Bonchev–Trinajstić information content (AvgIpc) is 2.87. The molecule has 0 aliphatic heterocycles. The minimum absolute atomic E-state index is 0.674. The number of rotatable bonds is 6. The molecular formula is C14H23N5. The van der Waals surface area contributed by atoms with Crippen LogP contribution in [0.1, 0.15) is 30.8 Å². The van der Waals surface area contributed by atoms with E-state index >= 15 is 0 Å².